The molecular formula is C18H24ClFN8O. The van der Waals surface area contributed by atoms with Gasteiger partial charge in [0.1, 0.15) is 12.0 Å². The molecule has 2 fully saturated rings. The van der Waals surface area contributed by atoms with Crippen LogP contribution in [0.15, 0.2) is 12.4 Å². The van der Waals surface area contributed by atoms with Gasteiger partial charge in [0, 0.05) is 56.2 Å². The summed E-state index contributed by atoms with van der Waals surface area (Å²) in [4.78, 5) is 22.2. The molecular weight excluding hydrogens is 399 g/mol. The van der Waals surface area contributed by atoms with Crippen molar-refractivity contribution < 1.29 is 9.13 Å². The highest BCUT2D eigenvalue weighted by molar-refractivity contribution is 5.85. The summed E-state index contributed by atoms with van der Waals surface area (Å²) in [5.74, 6) is 1.68. The van der Waals surface area contributed by atoms with Crippen LogP contribution in [0.5, 0.6) is 0 Å². The molecule has 3 N–H and O–H groups in total. The molecule has 5 heterocycles. The molecule has 2 atom stereocenters. The number of nitrogens with two attached hydrogens (primary N) is 1. The second-order valence-electron chi connectivity index (χ2n) is 7.29. The van der Waals surface area contributed by atoms with Gasteiger partial charge in [-0.2, -0.15) is 4.98 Å². The van der Waals surface area contributed by atoms with Gasteiger partial charge < -0.3 is 25.6 Å². The van der Waals surface area contributed by atoms with Crippen molar-refractivity contribution in [2.75, 3.05) is 61.5 Å². The van der Waals surface area contributed by atoms with Crippen LogP contribution in [0.2, 0.25) is 0 Å². The predicted octanol–water partition coefficient (Wildman–Crippen LogP) is 0.447. The summed E-state index contributed by atoms with van der Waals surface area (Å²) < 4.78 is 19.9. The lowest BCUT2D eigenvalue weighted by Gasteiger charge is -2.30. The number of rotatable bonds is 3. The van der Waals surface area contributed by atoms with Crippen molar-refractivity contribution in [2.24, 2.45) is 0 Å². The fourth-order valence-electron chi connectivity index (χ4n) is 4.13. The lowest BCUT2D eigenvalue weighted by Crippen LogP contribution is -2.42. The third kappa shape index (κ3) is 3.67. The van der Waals surface area contributed by atoms with Gasteiger partial charge in [-0.05, 0) is 6.42 Å². The zero-order valence-electron chi connectivity index (χ0n) is 15.9. The fourth-order valence-corrected chi connectivity index (χ4v) is 4.13. The summed E-state index contributed by atoms with van der Waals surface area (Å²) in [7, 11) is 0. The van der Waals surface area contributed by atoms with Gasteiger partial charge in [-0.3, -0.25) is 0 Å². The average molecular weight is 423 g/mol. The molecule has 3 aliphatic rings. The van der Waals surface area contributed by atoms with Crippen LogP contribution in [0.3, 0.4) is 0 Å². The second kappa shape index (κ2) is 8.21. The molecule has 0 spiro atoms. The number of nitrogens with zero attached hydrogens (tertiary/aromatic N) is 6. The number of ether oxygens (including phenoxy) is 1. The summed E-state index contributed by atoms with van der Waals surface area (Å²) in [5, 5.41) is 3.14. The Bertz CT molecular complexity index is 864. The van der Waals surface area contributed by atoms with Gasteiger partial charge in [-0.25, -0.2) is 19.3 Å². The highest BCUT2D eigenvalue weighted by atomic mass is 35.5. The number of anilines is 3. The van der Waals surface area contributed by atoms with E-state index in [9.17, 15) is 4.39 Å². The minimum atomic E-state index is -0.906. The molecule has 2 aromatic heterocycles. The summed E-state index contributed by atoms with van der Waals surface area (Å²) in [6.07, 6.45) is 3.23. The predicted molar refractivity (Wildman–Crippen MR) is 110 cm³/mol. The van der Waals surface area contributed by atoms with Crippen LogP contribution in [0.4, 0.5) is 22.1 Å². The van der Waals surface area contributed by atoms with Crippen molar-refractivity contribution in [3.63, 3.8) is 0 Å². The average Bonchev–Trinajstić information content (AvgIpc) is 3.34. The number of morpholine rings is 1. The maximum atomic E-state index is 14.4. The van der Waals surface area contributed by atoms with E-state index in [1.54, 1.807) is 12.4 Å². The Hall–Kier alpha value is -2.30. The summed E-state index contributed by atoms with van der Waals surface area (Å²) in [6.45, 7) is 4.48. The molecule has 0 radical (unpaired) electrons. The maximum Gasteiger partial charge on any atom is 0.228 e. The molecule has 5 rings (SSSR count). The first-order valence-corrected chi connectivity index (χ1v) is 9.63. The van der Waals surface area contributed by atoms with E-state index in [0.717, 1.165) is 48.7 Å². The number of fused-ring (bicyclic) bond motifs is 1. The Morgan fingerprint density at radius 1 is 1.10 bits per heavy atom. The number of nitrogen functional groups attached to an aromatic ring is 1. The van der Waals surface area contributed by atoms with Crippen molar-refractivity contribution in [1.82, 2.24) is 25.3 Å². The van der Waals surface area contributed by atoms with Gasteiger partial charge in [0.05, 0.1) is 24.9 Å². The van der Waals surface area contributed by atoms with Gasteiger partial charge in [-0.15, -0.1) is 12.4 Å². The Balaban J connectivity index is 0.00000205. The topological polar surface area (TPSA) is 105 Å². The first kappa shape index (κ1) is 20.0. The van der Waals surface area contributed by atoms with Crippen LogP contribution in [0, 0.1) is 0 Å². The van der Waals surface area contributed by atoms with Crippen LogP contribution < -0.4 is 20.9 Å². The molecule has 0 aliphatic carbocycles. The number of aromatic nitrogens is 4. The second-order valence-corrected chi connectivity index (χ2v) is 7.29. The van der Waals surface area contributed by atoms with Crippen LogP contribution in [-0.4, -0.2) is 78.1 Å². The van der Waals surface area contributed by atoms with E-state index in [1.807, 2.05) is 0 Å². The number of hydrogen-bond acceptors (Lipinski definition) is 9. The van der Waals surface area contributed by atoms with Crippen LogP contribution in [0.1, 0.15) is 5.56 Å². The largest absolute Gasteiger partial charge is 0.378 e. The minimum Gasteiger partial charge on any atom is -0.378 e. The van der Waals surface area contributed by atoms with Crippen molar-refractivity contribution in [2.45, 2.75) is 18.6 Å². The SMILES string of the molecule is Cl.Nc1ncc(-c2nc(N3CCOCC3)nc3c2CCN3[C@H]2CNC[C@H]2F)cn1. The Kier molecular flexibility index (Phi) is 5.66. The van der Waals surface area contributed by atoms with Crippen molar-refractivity contribution in [3.05, 3.63) is 18.0 Å². The highest BCUT2D eigenvalue weighted by Crippen LogP contribution is 2.37. The molecule has 29 heavy (non-hydrogen) atoms. The lowest BCUT2D eigenvalue weighted by molar-refractivity contribution is 0.122. The zero-order valence-corrected chi connectivity index (χ0v) is 16.7. The molecule has 2 aromatic rings. The molecule has 9 nitrogen and oxygen atoms in total. The standard InChI is InChI=1S/C18H23FN8O.ClH/c19-13-9-21-10-14(13)27-2-1-12-15(11-7-22-17(20)23-8-11)24-18(25-16(12)27)26-3-5-28-6-4-26;/h7-8,13-14,21H,1-6,9-10H2,(H2,20,22,23);1H/t13-,14+;/m1./s1. The smallest absolute Gasteiger partial charge is 0.228 e. The summed E-state index contributed by atoms with van der Waals surface area (Å²) in [5.41, 5.74) is 8.27. The van der Waals surface area contributed by atoms with Crippen molar-refractivity contribution in [1.29, 1.82) is 0 Å². The monoisotopic (exact) mass is 422 g/mol. The van der Waals surface area contributed by atoms with Crippen LogP contribution in [-0.2, 0) is 11.2 Å². The van der Waals surface area contributed by atoms with E-state index in [4.69, 9.17) is 20.4 Å². The van der Waals surface area contributed by atoms with E-state index in [1.165, 1.54) is 0 Å². The molecule has 3 aliphatic heterocycles. The van der Waals surface area contributed by atoms with Gasteiger partial charge >= 0.3 is 0 Å². The molecule has 2 saturated heterocycles. The van der Waals surface area contributed by atoms with E-state index >= 15 is 0 Å². The summed E-state index contributed by atoms with van der Waals surface area (Å²) in [6, 6.07) is -0.204. The molecule has 0 amide bonds. The maximum absolute atomic E-state index is 14.4. The number of hydrogen-bond donors (Lipinski definition) is 2. The third-order valence-electron chi connectivity index (χ3n) is 5.60. The molecule has 11 heteroatoms. The van der Waals surface area contributed by atoms with Crippen molar-refractivity contribution >= 4 is 30.1 Å². The number of halogens is 2. The van der Waals surface area contributed by atoms with Crippen LogP contribution >= 0.6 is 12.4 Å². The van der Waals surface area contributed by atoms with Gasteiger partial charge in [0.25, 0.3) is 0 Å². The molecule has 0 bridgehead atoms. The molecule has 0 saturated carbocycles. The van der Waals surface area contributed by atoms with Gasteiger partial charge in [0.15, 0.2) is 0 Å². The van der Waals surface area contributed by atoms with Crippen molar-refractivity contribution in [3.8, 4) is 11.3 Å². The Morgan fingerprint density at radius 2 is 1.86 bits per heavy atom. The minimum absolute atomic E-state index is 0. The summed E-state index contributed by atoms with van der Waals surface area (Å²) >= 11 is 0. The first-order valence-electron chi connectivity index (χ1n) is 9.63. The lowest BCUT2D eigenvalue weighted by atomic mass is 10.1. The zero-order chi connectivity index (χ0) is 19.1. The van der Waals surface area contributed by atoms with E-state index in [-0.39, 0.29) is 24.4 Å². The fraction of sp³-hybridized carbons (Fsp3) is 0.556. The third-order valence-corrected chi connectivity index (χ3v) is 5.60. The number of alkyl halides is 1. The van der Waals surface area contributed by atoms with Crippen LogP contribution in [0.25, 0.3) is 11.3 Å². The number of nitrogens with one attached hydrogen (secondary N) is 1. The normalized spacial score (nSPS) is 23.8. The van der Waals surface area contributed by atoms with Gasteiger partial charge in [-0.1, -0.05) is 0 Å². The Labute approximate surface area is 174 Å². The van der Waals surface area contributed by atoms with E-state index < -0.39 is 6.17 Å². The molecule has 156 valence electrons. The van der Waals surface area contributed by atoms with E-state index in [2.05, 4.69) is 25.1 Å². The quantitative estimate of drug-likeness (QED) is 0.729. The molecule has 0 aromatic carbocycles. The Morgan fingerprint density at radius 3 is 2.55 bits per heavy atom. The molecule has 0 unspecified atom stereocenters. The first-order chi connectivity index (χ1) is 13.7. The van der Waals surface area contributed by atoms with E-state index in [0.29, 0.717) is 32.3 Å². The van der Waals surface area contributed by atoms with Gasteiger partial charge in [0.2, 0.25) is 11.9 Å². The highest BCUT2D eigenvalue weighted by Gasteiger charge is 2.38.